The number of rotatable bonds is 8. The van der Waals surface area contributed by atoms with Crippen molar-refractivity contribution in [3.05, 3.63) is 0 Å². The van der Waals surface area contributed by atoms with Gasteiger partial charge in [-0.15, -0.1) is 23.2 Å². The van der Waals surface area contributed by atoms with E-state index in [9.17, 15) is 9.59 Å². The van der Waals surface area contributed by atoms with Crippen LogP contribution in [-0.2, 0) is 19.1 Å². The fourth-order valence-electron chi connectivity index (χ4n) is 1.52. The summed E-state index contributed by atoms with van der Waals surface area (Å²) in [6.45, 7) is 5.54. The van der Waals surface area contributed by atoms with Gasteiger partial charge in [-0.1, -0.05) is 20.8 Å². The van der Waals surface area contributed by atoms with Crippen molar-refractivity contribution in [1.82, 2.24) is 0 Å². The van der Waals surface area contributed by atoms with E-state index >= 15 is 0 Å². The van der Waals surface area contributed by atoms with Gasteiger partial charge in [-0.05, 0) is 19.3 Å². The van der Waals surface area contributed by atoms with Crippen molar-refractivity contribution in [3.8, 4) is 0 Å². The first-order chi connectivity index (χ1) is 8.44. The molecule has 6 heteroatoms. The quantitative estimate of drug-likeness (QED) is 0.392. The number of alkyl halides is 2. The van der Waals surface area contributed by atoms with Gasteiger partial charge in [-0.2, -0.15) is 0 Å². The van der Waals surface area contributed by atoms with Crippen molar-refractivity contribution in [2.24, 2.45) is 5.41 Å². The number of carbonyl (C=O) groups is 2. The maximum absolute atomic E-state index is 12.0. The molecule has 0 aliphatic heterocycles. The van der Waals surface area contributed by atoms with Crippen LogP contribution < -0.4 is 0 Å². The molecule has 0 aliphatic carbocycles. The lowest BCUT2D eigenvalue weighted by atomic mass is 9.82. The minimum atomic E-state index is -1.25. The average Bonchev–Trinajstić information content (AvgIpc) is 2.35. The smallest absolute Gasteiger partial charge is 0.323 e. The first kappa shape index (κ1) is 17.5. The number of ether oxygens (including phenoxy) is 2. The number of hydrogen-bond acceptors (Lipinski definition) is 4. The fourth-order valence-corrected chi connectivity index (χ4v) is 1.65. The summed E-state index contributed by atoms with van der Waals surface area (Å²) in [6.07, 6.45) is 1.34. The first-order valence-electron chi connectivity index (χ1n) is 6.07. The van der Waals surface area contributed by atoms with Crippen LogP contribution in [-0.4, -0.2) is 30.0 Å². The maximum Gasteiger partial charge on any atom is 0.323 e. The van der Waals surface area contributed by atoms with Gasteiger partial charge in [0.25, 0.3) is 0 Å². The zero-order valence-electron chi connectivity index (χ0n) is 11.0. The molecule has 0 amide bonds. The van der Waals surface area contributed by atoms with Crippen LogP contribution in [0, 0.1) is 5.41 Å². The molecule has 0 spiro atoms. The Hall–Kier alpha value is -0.480. The average molecular weight is 299 g/mol. The highest BCUT2D eigenvalue weighted by Crippen LogP contribution is 2.30. The molecule has 0 unspecified atom stereocenters. The molecule has 0 bridgehead atoms. The number of halogens is 2. The molecule has 0 heterocycles. The third-order valence-electron chi connectivity index (χ3n) is 2.77. The molecule has 0 saturated heterocycles. The van der Waals surface area contributed by atoms with Gasteiger partial charge in [0.05, 0.1) is 6.61 Å². The van der Waals surface area contributed by atoms with Crippen LogP contribution in [0.15, 0.2) is 0 Å². The van der Waals surface area contributed by atoms with Gasteiger partial charge in [0.15, 0.2) is 5.41 Å². The molecule has 4 nitrogen and oxygen atoms in total. The number of carbonyl (C=O) groups excluding carboxylic acids is 2. The van der Waals surface area contributed by atoms with E-state index in [1.807, 2.05) is 6.92 Å². The molecule has 0 aromatic heterocycles. The summed E-state index contributed by atoms with van der Waals surface area (Å²) in [4.78, 5) is 23.2. The highest BCUT2D eigenvalue weighted by atomic mass is 35.5. The lowest BCUT2D eigenvalue weighted by Gasteiger charge is -2.26. The van der Waals surface area contributed by atoms with Gasteiger partial charge < -0.3 is 9.47 Å². The fraction of sp³-hybridized carbons (Fsp3) is 0.833. The number of esters is 2. The third-order valence-corrected chi connectivity index (χ3v) is 3.02. The Kier molecular flexibility index (Phi) is 8.36. The van der Waals surface area contributed by atoms with Gasteiger partial charge >= 0.3 is 11.9 Å². The molecular weight excluding hydrogens is 279 g/mol. The van der Waals surface area contributed by atoms with Crippen LogP contribution >= 0.6 is 23.2 Å². The monoisotopic (exact) mass is 298 g/mol. The largest absolute Gasteiger partial charge is 0.465 e. The van der Waals surface area contributed by atoms with E-state index in [1.54, 1.807) is 13.8 Å². The third kappa shape index (κ3) is 4.65. The van der Waals surface area contributed by atoms with Gasteiger partial charge in [0, 0.05) is 0 Å². The normalized spacial score (nSPS) is 11.4. The van der Waals surface area contributed by atoms with Crippen LogP contribution in [0.4, 0.5) is 0 Å². The maximum atomic E-state index is 12.0. The van der Waals surface area contributed by atoms with Crippen molar-refractivity contribution in [1.29, 1.82) is 0 Å². The first-order valence-corrected chi connectivity index (χ1v) is 6.94. The highest BCUT2D eigenvalue weighted by Gasteiger charge is 2.45. The molecule has 106 valence electrons. The van der Waals surface area contributed by atoms with Crippen LogP contribution in [0.25, 0.3) is 0 Å². The Balaban J connectivity index is 4.78. The lowest BCUT2D eigenvalue weighted by molar-refractivity contribution is -0.173. The van der Waals surface area contributed by atoms with Crippen LogP contribution in [0.3, 0.4) is 0 Å². The van der Waals surface area contributed by atoms with Crippen molar-refractivity contribution in [3.63, 3.8) is 0 Å². The van der Waals surface area contributed by atoms with Crippen molar-refractivity contribution in [2.45, 2.75) is 44.9 Å². The van der Waals surface area contributed by atoms with Crippen LogP contribution in [0.5, 0.6) is 0 Å². The molecule has 18 heavy (non-hydrogen) atoms. The summed E-state index contributed by atoms with van der Waals surface area (Å²) in [5.74, 6) is -1.17. The van der Waals surface area contributed by atoms with Crippen LogP contribution in [0.1, 0.15) is 40.0 Å². The molecule has 0 aliphatic rings. The predicted octanol–water partition coefficient (Wildman–Crippen LogP) is 3.09. The molecular formula is C12H20Cl2O4. The van der Waals surface area contributed by atoms with Gasteiger partial charge in [0.2, 0.25) is 0 Å². The van der Waals surface area contributed by atoms with Gasteiger partial charge in [-0.3, -0.25) is 9.59 Å². The molecule has 0 saturated carbocycles. The summed E-state index contributed by atoms with van der Waals surface area (Å²) < 4.78 is 10.0. The van der Waals surface area contributed by atoms with Crippen molar-refractivity contribution < 1.29 is 19.1 Å². The second kappa shape index (κ2) is 8.59. The summed E-state index contributed by atoms with van der Waals surface area (Å²) in [6, 6.07) is 0. The molecule has 0 radical (unpaired) electrons. The van der Waals surface area contributed by atoms with Crippen molar-refractivity contribution in [2.75, 3.05) is 13.2 Å². The molecule has 0 atom stereocenters. The Morgan fingerprint density at radius 1 is 1.06 bits per heavy atom. The van der Waals surface area contributed by atoms with E-state index in [-0.39, 0.29) is 6.61 Å². The topological polar surface area (TPSA) is 52.6 Å². The van der Waals surface area contributed by atoms with Gasteiger partial charge in [-0.25, -0.2) is 0 Å². The Morgan fingerprint density at radius 3 is 1.94 bits per heavy atom. The second-order valence-electron chi connectivity index (χ2n) is 3.91. The van der Waals surface area contributed by atoms with Crippen molar-refractivity contribution >= 4 is 35.1 Å². The Morgan fingerprint density at radius 2 is 1.56 bits per heavy atom. The lowest BCUT2D eigenvalue weighted by Crippen LogP contribution is -2.41. The van der Waals surface area contributed by atoms with E-state index in [0.717, 1.165) is 0 Å². The van der Waals surface area contributed by atoms with Crippen LogP contribution in [0.2, 0.25) is 0 Å². The molecule has 0 aromatic rings. The van der Waals surface area contributed by atoms with E-state index in [1.165, 1.54) is 0 Å². The van der Waals surface area contributed by atoms with E-state index in [4.69, 9.17) is 32.7 Å². The summed E-state index contributed by atoms with van der Waals surface area (Å²) in [5.41, 5.74) is -1.25. The standard InChI is InChI=1S/C12H20Cl2O4/c1-4-7-17-10(15)12(5-2,6-3)11(16)18-8-9(13)14/h9H,4-8H2,1-3H3. The highest BCUT2D eigenvalue weighted by molar-refractivity contribution is 6.44. The summed E-state index contributed by atoms with van der Waals surface area (Å²) >= 11 is 11.0. The van der Waals surface area contributed by atoms with E-state index in [0.29, 0.717) is 25.9 Å². The minimum absolute atomic E-state index is 0.134. The van der Waals surface area contributed by atoms with Gasteiger partial charge in [0.1, 0.15) is 11.4 Å². The van der Waals surface area contributed by atoms with E-state index in [2.05, 4.69) is 0 Å². The molecule has 0 N–H and O–H groups in total. The summed E-state index contributed by atoms with van der Waals surface area (Å²) in [5, 5.41) is 0. The zero-order valence-corrected chi connectivity index (χ0v) is 12.5. The molecule has 0 rings (SSSR count). The Labute approximate surface area is 118 Å². The number of hydrogen-bond donors (Lipinski definition) is 0. The Bertz CT molecular complexity index is 275. The SMILES string of the molecule is CCCOC(=O)C(CC)(CC)C(=O)OCC(Cl)Cl. The molecule has 0 fully saturated rings. The zero-order chi connectivity index (χ0) is 14.2. The molecule has 0 aromatic carbocycles. The second-order valence-corrected chi connectivity index (χ2v) is 5.19. The minimum Gasteiger partial charge on any atom is -0.465 e. The van der Waals surface area contributed by atoms with E-state index < -0.39 is 22.2 Å². The predicted molar refractivity (Wildman–Crippen MR) is 70.7 cm³/mol. The summed E-state index contributed by atoms with van der Waals surface area (Å²) in [7, 11) is 0.